The Morgan fingerprint density at radius 3 is 2.68 bits per heavy atom. The summed E-state index contributed by atoms with van der Waals surface area (Å²) in [6.45, 7) is 2.76. The third-order valence-electron chi connectivity index (χ3n) is 4.84. The predicted octanol–water partition coefficient (Wildman–Crippen LogP) is 3.28. The number of benzene rings is 2. The van der Waals surface area contributed by atoms with E-state index in [2.05, 4.69) is 63.5 Å². The first kappa shape index (κ1) is 15.8. The van der Waals surface area contributed by atoms with Crippen molar-refractivity contribution in [2.45, 2.75) is 25.6 Å². The van der Waals surface area contributed by atoms with E-state index in [0.717, 1.165) is 24.4 Å². The first-order chi connectivity index (χ1) is 12.3. The average molecular weight is 334 g/mol. The Labute approximate surface area is 147 Å². The average Bonchev–Trinajstić information content (AvgIpc) is 3.13. The van der Waals surface area contributed by atoms with E-state index in [1.54, 1.807) is 19.8 Å². The second-order valence-electron chi connectivity index (χ2n) is 6.42. The highest BCUT2D eigenvalue weighted by atomic mass is 16.5. The van der Waals surface area contributed by atoms with E-state index in [-0.39, 0.29) is 0 Å². The molecule has 25 heavy (non-hydrogen) atoms. The molecule has 1 aromatic heterocycles. The highest BCUT2D eigenvalue weighted by Gasteiger charge is 2.29. The summed E-state index contributed by atoms with van der Waals surface area (Å²) in [6.07, 6.45) is 4.51. The second-order valence-corrected chi connectivity index (χ2v) is 6.42. The van der Waals surface area contributed by atoms with Gasteiger partial charge in [-0.2, -0.15) is 5.10 Å². The van der Waals surface area contributed by atoms with Crippen molar-refractivity contribution in [3.8, 4) is 5.75 Å². The van der Waals surface area contributed by atoms with Gasteiger partial charge >= 0.3 is 0 Å². The lowest BCUT2D eigenvalue weighted by Crippen LogP contribution is -2.40. The first-order valence-electron chi connectivity index (χ1n) is 8.60. The molecule has 0 aliphatic carbocycles. The molecular weight excluding hydrogens is 312 g/mol. The van der Waals surface area contributed by atoms with E-state index in [0.29, 0.717) is 12.6 Å². The van der Waals surface area contributed by atoms with Gasteiger partial charge in [-0.15, -0.1) is 0 Å². The van der Waals surface area contributed by atoms with Crippen LogP contribution < -0.4 is 4.74 Å². The maximum Gasteiger partial charge on any atom is 0.137 e. The van der Waals surface area contributed by atoms with Gasteiger partial charge in [0.05, 0.1) is 13.7 Å². The quantitative estimate of drug-likeness (QED) is 0.694. The fourth-order valence-electron chi connectivity index (χ4n) is 3.46. The molecule has 1 aliphatic heterocycles. The number of ether oxygens (including phenoxy) is 1. The minimum Gasteiger partial charge on any atom is -0.496 e. The lowest BCUT2D eigenvalue weighted by atomic mass is 9.94. The highest BCUT2D eigenvalue weighted by Crippen LogP contribution is 2.34. The lowest BCUT2D eigenvalue weighted by molar-refractivity contribution is 0.0818. The van der Waals surface area contributed by atoms with E-state index in [9.17, 15) is 0 Å². The van der Waals surface area contributed by atoms with Gasteiger partial charge in [-0.3, -0.25) is 4.90 Å². The van der Waals surface area contributed by atoms with Gasteiger partial charge < -0.3 is 4.74 Å². The van der Waals surface area contributed by atoms with Crippen LogP contribution in [0.2, 0.25) is 0 Å². The van der Waals surface area contributed by atoms with E-state index in [1.807, 2.05) is 4.68 Å². The summed E-state index contributed by atoms with van der Waals surface area (Å²) in [7, 11) is 1.71. The number of aromatic nitrogens is 3. The second kappa shape index (κ2) is 7.07. The van der Waals surface area contributed by atoms with Gasteiger partial charge in [0, 0.05) is 24.7 Å². The van der Waals surface area contributed by atoms with Crippen LogP contribution in [0.1, 0.15) is 29.2 Å². The molecule has 1 saturated heterocycles. The van der Waals surface area contributed by atoms with E-state index in [1.165, 1.54) is 17.5 Å². The molecule has 0 saturated carbocycles. The van der Waals surface area contributed by atoms with E-state index >= 15 is 0 Å². The molecule has 5 nitrogen and oxygen atoms in total. The molecule has 3 aromatic rings. The lowest BCUT2D eigenvalue weighted by Gasteiger charge is -2.41. The summed E-state index contributed by atoms with van der Waals surface area (Å²) in [4.78, 5) is 6.54. The van der Waals surface area contributed by atoms with Crippen LogP contribution in [0.25, 0.3) is 0 Å². The molecule has 1 fully saturated rings. The Hall–Kier alpha value is -2.66. The number of rotatable bonds is 6. The van der Waals surface area contributed by atoms with Gasteiger partial charge in [-0.1, -0.05) is 36.4 Å². The smallest absolute Gasteiger partial charge is 0.137 e. The maximum atomic E-state index is 5.51. The predicted molar refractivity (Wildman–Crippen MR) is 96.3 cm³/mol. The molecule has 0 spiro atoms. The monoisotopic (exact) mass is 334 g/mol. The van der Waals surface area contributed by atoms with Crippen molar-refractivity contribution in [2.75, 3.05) is 13.7 Å². The van der Waals surface area contributed by atoms with Crippen LogP contribution in [0.3, 0.4) is 0 Å². The molecule has 0 N–H and O–H groups in total. The van der Waals surface area contributed by atoms with Crippen molar-refractivity contribution < 1.29 is 4.74 Å². The molecule has 1 aliphatic rings. The zero-order valence-corrected chi connectivity index (χ0v) is 14.4. The Kier molecular flexibility index (Phi) is 4.48. The Morgan fingerprint density at radius 2 is 2.00 bits per heavy atom. The van der Waals surface area contributed by atoms with Crippen LogP contribution >= 0.6 is 0 Å². The van der Waals surface area contributed by atoms with E-state index < -0.39 is 0 Å². The molecular formula is C20H22N4O. The minimum absolute atomic E-state index is 0.530. The van der Waals surface area contributed by atoms with Crippen LogP contribution in [0.15, 0.2) is 61.2 Å². The fraction of sp³-hybridized carbons (Fsp3) is 0.300. The highest BCUT2D eigenvalue weighted by molar-refractivity contribution is 5.37. The van der Waals surface area contributed by atoms with E-state index in [4.69, 9.17) is 4.74 Å². The van der Waals surface area contributed by atoms with Gasteiger partial charge in [0.1, 0.15) is 18.4 Å². The molecule has 0 unspecified atom stereocenters. The van der Waals surface area contributed by atoms with Crippen molar-refractivity contribution in [1.29, 1.82) is 0 Å². The fourth-order valence-corrected chi connectivity index (χ4v) is 3.46. The molecule has 0 amide bonds. The molecule has 0 bridgehead atoms. The number of hydrogen-bond acceptors (Lipinski definition) is 4. The first-order valence-corrected chi connectivity index (χ1v) is 8.60. The standard InChI is InChI=1S/C20H22N4O/c1-25-20-8-7-16(11-18(20)13-24-15-21-14-22-24)12-23-10-9-19(23)17-5-3-2-4-6-17/h2-8,11,14-15,19H,9-10,12-13H2,1H3/t19-/m1/s1. The molecule has 2 aromatic carbocycles. The molecule has 4 rings (SSSR count). The number of hydrogen-bond donors (Lipinski definition) is 0. The van der Waals surface area contributed by atoms with Crippen LogP contribution in [0.4, 0.5) is 0 Å². The SMILES string of the molecule is COc1ccc(CN2CC[C@@H]2c2ccccc2)cc1Cn1cncn1. The minimum atomic E-state index is 0.530. The molecule has 5 heteroatoms. The van der Waals surface area contributed by atoms with Crippen molar-refractivity contribution in [1.82, 2.24) is 19.7 Å². The molecule has 1 atom stereocenters. The van der Waals surface area contributed by atoms with Crippen LogP contribution in [-0.4, -0.2) is 33.3 Å². The summed E-state index contributed by atoms with van der Waals surface area (Å²) in [5.41, 5.74) is 3.84. The summed E-state index contributed by atoms with van der Waals surface area (Å²) in [5, 5.41) is 4.20. The zero-order valence-electron chi connectivity index (χ0n) is 14.4. The van der Waals surface area contributed by atoms with Gasteiger partial charge in [-0.05, 0) is 29.7 Å². The maximum absolute atomic E-state index is 5.51. The number of likely N-dealkylation sites (tertiary alicyclic amines) is 1. The van der Waals surface area contributed by atoms with Crippen LogP contribution in [-0.2, 0) is 13.1 Å². The third-order valence-corrected chi connectivity index (χ3v) is 4.84. The van der Waals surface area contributed by atoms with Crippen molar-refractivity contribution >= 4 is 0 Å². The van der Waals surface area contributed by atoms with Crippen LogP contribution in [0, 0.1) is 0 Å². The van der Waals surface area contributed by atoms with Gasteiger partial charge in [0.25, 0.3) is 0 Å². The largest absolute Gasteiger partial charge is 0.496 e. The topological polar surface area (TPSA) is 43.2 Å². The van der Waals surface area contributed by atoms with Crippen LogP contribution in [0.5, 0.6) is 5.75 Å². The summed E-state index contributed by atoms with van der Waals surface area (Å²) < 4.78 is 7.33. The Balaban J connectivity index is 1.51. The summed E-state index contributed by atoms with van der Waals surface area (Å²) in [6, 6.07) is 17.7. The zero-order chi connectivity index (χ0) is 17.1. The summed E-state index contributed by atoms with van der Waals surface area (Å²) in [5.74, 6) is 0.891. The van der Waals surface area contributed by atoms with Crippen molar-refractivity contribution in [3.05, 3.63) is 77.9 Å². The summed E-state index contributed by atoms with van der Waals surface area (Å²) >= 11 is 0. The Morgan fingerprint density at radius 1 is 1.12 bits per heavy atom. The van der Waals surface area contributed by atoms with Gasteiger partial charge in [-0.25, -0.2) is 9.67 Å². The molecule has 128 valence electrons. The third kappa shape index (κ3) is 3.42. The van der Waals surface area contributed by atoms with Crippen molar-refractivity contribution in [3.63, 3.8) is 0 Å². The van der Waals surface area contributed by atoms with Gasteiger partial charge in [0.15, 0.2) is 0 Å². The normalized spacial score (nSPS) is 17.2. The Bertz CT molecular complexity index is 817. The number of nitrogens with zero attached hydrogens (tertiary/aromatic N) is 4. The molecule has 2 heterocycles. The number of methoxy groups -OCH3 is 1. The molecule has 0 radical (unpaired) electrons. The van der Waals surface area contributed by atoms with Crippen molar-refractivity contribution in [2.24, 2.45) is 0 Å². The van der Waals surface area contributed by atoms with Gasteiger partial charge in [0.2, 0.25) is 0 Å².